The molecule has 0 saturated carbocycles. The number of aliphatic hydroxyl groups excluding tert-OH is 1. The predicted octanol–water partition coefficient (Wildman–Crippen LogP) is 3.92. The number of halogens is 3. The van der Waals surface area contributed by atoms with Crippen LogP contribution in [0.3, 0.4) is 0 Å². The van der Waals surface area contributed by atoms with Crippen LogP contribution in [0.25, 0.3) is 0 Å². The van der Waals surface area contributed by atoms with Crippen molar-refractivity contribution < 1.29 is 19.0 Å². The Labute approximate surface area is 181 Å². The summed E-state index contributed by atoms with van der Waals surface area (Å²) < 4.78 is 22.0. The van der Waals surface area contributed by atoms with Crippen molar-refractivity contribution in [2.24, 2.45) is 0 Å². The highest BCUT2D eigenvalue weighted by atomic mass is 35.5. The van der Waals surface area contributed by atoms with Gasteiger partial charge >= 0.3 is 0 Å². The van der Waals surface area contributed by atoms with E-state index in [0.717, 1.165) is 0 Å². The molecule has 0 aliphatic carbocycles. The van der Waals surface area contributed by atoms with Crippen LogP contribution < -0.4 is 10.1 Å². The molecule has 2 aromatic carbocycles. The van der Waals surface area contributed by atoms with Gasteiger partial charge < -0.3 is 19.7 Å². The summed E-state index contributed by atoms with van der Waals surface area (Å²) in [5.74, 6) is -1.31. The Kier molecular flexibility index (Phi) is 6.90. The maximum absolute atomic E-state index is 15.0. The smallest absolute Gasteiger partial charge is 0.287 e. The van der Waals surface area contributed by atoms with Gasteiger partial charge in [0.2, 0.25) is 0 Å². The topological polar surface area (TPSA) is 100 Å². The zero-order valence-corrected chi connectivity index (χ0v) is 16.9. The molecule has 0 radical (unpaired) electrons. The van der Waals surface area contributed by atoms with E-state index in [-0.39, 0.29) is 58.2 Å². The summed E-state index contributed by atoms with van der Waals surface area (Å²) in [6.45, 7) is -0.0935. The van der Waals surface area contributed by atoms with Gasteiger partial charge in [0.1, 0.15) is 5.75 Å². The van der Waals surface area contributed by atoms with Crippen molar-refractivity contribution in [3.05, 3.63) is 75.5 Å². The molecule has 30 heavy (non-hydrogen) atoms. The van der Waals surface area contributed by atoms with Crippen LogP contribution in [-0.4, -0.2) is 27.2 Å². The minimum atomic E-state index is -0.764. The molecule has 0 spiro atoms. The van der Waals surface area contributed by atoms with E-state index in [2.05, 4.69) is 10.3 Å². The highest BCUT2D eigenvalue weighted by Crippen LogP contribution is 2.35. The number of carbonyl (C=O) groups is 1. The molecular formula is C20H15Cl2FN4O3. The van der Waals surface area contributed by atoms with Crippen molar-refractivity contribution in [2.45, 2.75) is 13.1 Å². The number of ether oxygens (including phenoxy) is 1. The molecule has 3 rings (SSSR count). The van der Waals surface area contributed by atoms with E-state index in [4.69, 9.17) is 38.3 Å². The van der Waals surface area contributed by atoms with Gasteiger partial charge in [-0.15, -0.1) is 0 Å². The summed E-state index contributed by atoms with van der Waals surface area (Å²) >= 11 is 12.0. The lowest BCUT2D eigenvalue weighted by molar-refractivity contribution is 0.0934. The number of nitrogens with zero attached hydrogens (tertiary/aromatic N) is 3. The highest BCUT2D eigenvalue weighted by molar-refractivity contribution is 6.32. The van der Waals surface area contributed by atoms with Gasteiger partial charge in [0.15, 0.2) is 17.4 Å². The predicted molar refractivity (Wildman–Crippen MR) is 108 cm³/mol. The molecule has 10 heteroatoms. The lowest BCUT2D eigenvalue weighted by Gasteiger charge is -2.13. The Morgan fingerprint density at radius 3 is 2.87 bits per heavy atom. The summed E-state index contributed by atoms with van der Waals surface area (Å²) in [6.07, 6.45) is 2.99. The van der Waals surface area contributed by atoms with Crippen molar-refractivity contribution in [1.29, 1.82) is 5.26 Å². The van der Waals surface area contributed by atoms with Gasteiger partial charge in [0.05, 0.1) is 23.3 Å². The Balaban J connectivity index is 1.79. The Hall–Kier alpha value is -3.12. The number of amides is 1. The quantitative estimate of drug-likeness (QED) is 0.570. The summed E-state index contributed by atoms with van der Waals surface area (Å²) in [4.78, 5) is 16.3. The lowest BCUT2D eigenvalue weighted by atomic mass is 10.2. The standard InChI is InChI=1S/C20H15Cl2FN4O3/c21-14-7-12(10-24)8-15(9-14)30-18-16(22)2-1-13(17(18)23)11-26-20(29)19-25-3-4-27(19)5-6-28/h1-4,7-9,28H,5-6,11H2,(H,26,29). The van der Waals surface area contributed by atoms with Crippen LogP contribution in [0.1, 0.15) is 21.7 Å². The molecule has 0 unspecified atom stereocenters. The van der Waals surface area contributed by atoms with Gasteiger partial charge in [0.25, 0.3) is 5.91 Å². The zero-order chi connectivity index (χ0) is 21.7. The van der Waals surface area contributed by atoms with E-state index in [0.29, 0.717) is 0 Å². The van der Waals surface area contributed by atoms with Crippen LogP contribution in [-0.2, 0) is 13.1 Å². The molecule has 3 aromatic rings. The van der Waals surface area contributed by atoms with Crippen LogP contribution >= 0.6 is 23.2 Å². The number of aromatic nitrogens is 2. The summed E-state index contributed by atoms with van der Waals surface area (Å²) in [7, 11) is 0. The van der Waals surface area contributed by atoms with E-state index in [1.54, 1.807) is 6.20 Å². The van der Waals surface area contributed by atoms with Crippen LogP contribution in [0.5, 0.6) is 11.5 Å². The van der Waals surface area contributed by atoms with E-state index in [1.165, 1.54) is 41.1 Å². The molecule has 0 saturated heterocycles. The van der Waals surface area contributed by atoms with E-state index in [9.17, 15) is 9.18 Å². The van der Waals surface area contributed by atoms with Gasteiger partial charge in [-0.25, -0.2) is 9.37 Å². The summed E-state index contributed by atoms with van der Waals surface area (Å²) in [5, 5.41) is 20.9. The average Bonchev–Trinajstić information content (AvgIpc) is 3.18. The second-order valence-electron chi connectivity index (χ2n) is 6.09. The fourth-order valence-corrected chi connectivity index (χ4v) is 3.08. The van der Waals surface area contributed by atoms with Crippen molar-refractivity contribution in [2.75, 3.05) is 6.61 Å². The monoisotopic (exact) mass is 448 g/mol. The van der Waals surface area contributed by atoms with E-state index in [1.807, 2.05) is 6.07 Å². The molecular weight excluding hydrogens is 434 g/mol. The van der Waals surface area contributed by atoms with Crippen molar-refractivity contribution in [1.82, 2.24) is 14.9 Å². The maximum Gasteiger partial charge on any atom is 0.287 e. The molecule has 0 fully saturated rings. The first-order valence-corrected chi connectivity index (χ1v) is 9.44. The largest absolute Gasteiger partial charge is 0.453 e. The third-order valence-corrected chi connectivity index (χ3v) is 4.56. The number of nitrogens with one attached hydrogen (secondary N) is 1. The number of carbonyl (C=O) groups excluding carboxylic acids is 1. The first kappa shape index (κ1) is 21.6. The summed E-state index contributed by atoms with van der Waals surface area (Å²) in [5.41, 5.74) is 0.376. The fraction of sp³-hybridized carbons (Fsp3) is 0.150. The Morgan fingerprint density at radius 2 is 2.13 bits per heavy atom. The lowest BCUT2D eigenvalue weighted by Crippen LogP contribution is -2.27. The van der Waals surface area contributed by atoms with Gasteiger partial charge in [-0.1, -0.05) is 29.3 Å². The molecule has 7 nitrogen and oxygen atoms in total. The number of rotatable bonds is 7. The molecule has 1 aromatic heterocycles. The normalized spacial score (nSPS) is 10.5. The number of imidazole rings is 1. The van der Waals surface area contributed by atoms with Gasteiger partial charge in [-0.2, -0.15) is 5.26 Å². The fourth-order valence-electron chi connectivity index (χ4n) is 2.67. The molecule has 2 N–H and O–H groups in total. The molecule has 1 heterocycles. The average molecular weight is 449 g/mol. The first-order valence-electron chi connectivity index (χ1n) is 8.68. The van der Waals surface area contributed by atoms with Gasteiger partial charge in [-0.05, 0) is 24.3 Å². The second kappa shape index (κ2) is 9.59. The van der Waals surface area contributed by atoms with Gasteiger partial charge in [-0.3, -0.25) is 4.79 Å². The Morgan fingerprint density at radius 1 is 1.33 bits per heavy atom. The third-order valence-electron chi connectivity index (χ3n) is 4.05. The molecule has 0 aliphatic rings. The first-order chi connectivity index (χ1) is 14.4. The third kappa shape index (κ3) is 4.89. The highest BCUT2D eigenvalue weighted by Gasteiger charge is 2.18. The number of hydrogen-bond donors (Lipinski definition) is 2. The van der Waals surface area contributed by atoms with Crippen LogP contribution in [0.2, 0.25) is 10.0 Å². The molecule has 0 aliphatic heterocycles. The summed E-state index contributed by atoms with van der Waals surface area (Å²) in [6, 6.07) is 9.05. The Bertz CT molecular complexity index is 1130. The number of aliphatic hydroxyl groups is 1. The molecule has 0 bridgehead atoms. The SMILES string of the molecule is N#Cc1cc(Cl)cc(Oc2c(Cl)ccc(CNC(=O)c3nccn3CCO)c2F)c1. The maximum atomic E-state index is 15.0. The molecule has 1 amide bonds. The minimum Gasteiger partial charge on any atom is -0.453 e. The van der Waals surface area contributed by atoms with Crippen LogP contribution in [0.4, 0.5) is 4.39 Å². The molecule has 0 atom stereocenters. The second-order valence-corrected chi connectivity index (χ2v) is 6.93. The number of benzene rings is 2. The number of hydrogen-bond acceptors (Lipinski definition) is 5. The molecule has 154 valence electrons. The van der Waals surface area contributed by atoms with Crippen molar-refractivity contribution in [3.8, 4) is 17.6 Å². The van der Waals surface area contributed by atoms with Crippen molar-refractivity contribution in [3.63, 3.8) is 0 Å². The van der Waals surface area contributed by atoms with Crippen LogP contribution in [0.15, 0.2) is 42.7 Å². The van der Waals surface area contributed by atoms with E-state index >= 15 is 0 Å². The zero-order valence-electron chi connectivity index (χ0n) is 15.4. The van der Waals surface area contributed by atoms with E-state index < -0.39 is 11.7 Å². The van der Waals surface area contributed by atoms with Gasteiger partial charge in [0, 0.05) is 36.1 Å². The number of nitriles is 1. The van der Waals surface area contributed by atoms with Crippen molar-refractivity contribution >= 4 is 29.1 Å². The minimum absolute atomic E-state index is 0.0135. The van der Waals surface area contributed by atoms with Crippen LogP contribution in [0, 0.1) is 17.1 Å².